The zero-order valence-corrected chi connectivity index (χ0v) is 11.6. The molecule has 102 valence electrons. The predicted molar refractivity (Wildman–Crippen MR) is 74.0 cm³/mol. The van der Waals surface area contributed by atoms with E-state index in [1.54, 1.807) is 0 Å². The van der Waals surface area contributed by atoms with Crippen molar-refractivity contribution >= 4 is 17.5 Å². The summed E-state index contributed by atoms with van der Waals surface area (Å²) in [5.41, 5.74) is 0.986. The van der Waals surface area contributed by atoms with Crippen molar-refractivity contribution in [2.75, 3.05) is 13.2 Å². The van der Waals surface area contributed by atoms with Crippen LogP contribution in [0.3, 0.4) is 0 Å². The molecule has 2 fully saturated rings. The van der Waals surface area contributed by atoms with E-state index in [1.165, 1.54) is 0 Å². The van der Waals surface area contributed by atoms with E-state index in [-0.39, 0.29) is 17.4 Å². The van der Waals surface area contributed by atoms with Crippen molar-refractivity contribution in [3.8, 4) is 0 Å². The molecular weight excluding hydrogens is 262 g/mol. The van der Waals surface area contributed by atoms with Crippen LogP contribution in [0.2, 0.25) is 5.02 Å². The summed E-state index contributed by atoms with van der Waals surface area (Å²) in [7, 11) is 0. The van der Waals surface area contributed by atoms with Crippen LogP contribution >= 0.6 is 11.6 Å². The van der Waals surface area contributed by atoms with Crippen LogP contribution in [0.5, 0.6) is 0 Å². The van der Waals surface area contributed by atoms with Gasteiger partial charge in [0.15, 0.2) is 0 Å². The number of carbonyl (C=O) groups excluding carboxylic acids is 1. The van der Waals surface area contributed by atoms with Gasteiger partial charge in [0.1, 0.15) is 0 Å². The molecule has 1 saturated carbocycles. The Kier molecular flexibility index (Phi) is 3.50. The first-order valence-corrected chi connectivity index (χ1v) is 7.23. The van der Waals surface area contributed by atoms with Gasteiger partial charge in [-0.3, -0.25) is 4.79 Å². The first kappa shape index (κ1) is 12.9. The lowest BCUT2D eigenvalue weighted by molar-refractivity contribution is -0.128. The van der Waals surface area contributed by atoms with Gasteiger partial charge in [-0.05, 0) is 43.4 Å². The van der Waals surface area contributed by atoms with Gasteiger partial charge in [-0.2, -0.15) is 0 Å². The van der Waals surface area contributed by atoms with Crippen LogP contribution < -0.4 is 5.32 Å². The van der Waals surface area contributed by atoms with Crippen LogP contribution in [-0.4, -0.2) is 19.1 Å². The monoisotopic (exact) mass is 279 g/mol. The highest BCUT2D eigenvalue weighted by molar-refractivity contribution is 6.30. The molecule has 1 amide bonds. The zero-order valence-electron chi connectivity index (χ0n) is 10.8. The Balaban J connectivity index is 1.75. The lowest BCUT2D eigenvalue weighted by Crippen LogP contribution is -2.52. The summed E-state index contributed by atoms with van der Waals surface area (Å²) in [5, 5.41) is 3.98. The first-order valence-electron chi connectivity index (χ1n) is 6.85. The van der Waals surface area contributed by atoms with E-state index < -0.39 is 0 Å². The van der Waals surface area contributed by atoms with Crippen molar-refractivity contribution < 1.29 is 9.53 Å². The summed E-state index contributed by atoms with van der Waals surface area (Å²) in [6, 6.07) is 7.82. The van der Waals surface area contributed by atoms with Gasteiger partial charge in [-0.1, -0.05) is 23.7 Å². The molecule has 1 aromatic carbocycles. The summed E-state index contributed by atoms with van der Waals surface area (Å²) in [5.74, 6) is 0.150. The van der Waals surface area contributed by atoms with Crippen LogP contribution in [0.1, 0.15) is 31.2 Å². The minimum Gasteiger partial charge on any atom is -0.381 e. The Hall–Kier alpha value is -1.06. The number of benzene rings is 1. The summed E-state index contributed by atoms with van der Waals surface area (Å²) in [6.07, 6.45) is 4.01. The fraction of sp³-hybridized carbons (Fsp3) is 0.533. The molecule has 1 aromatic rings. The largest absolute Gasteiger partial charge is 0.381 e. The van der Waals surface area contributed by atoms with Gasteiger partial charge in [0, 0.05) is 11.6 Å². The zero-order chi connectivity index (χ0) is 13.3. The predicted octanol–water partition coefficient (Wildman–Crippen LogP) is 2.87. The minimum atomic E-state index is -0.176. The van der Waals surface area contributed by atoms with Gasteiger partial charge < -0.3 is 10.1 Å². The molecule has 1 saturated heterocycles. The second kappa shape index (κ2) is 5.14. The smallest absolute Gasteiger partial charge is 0.226 e. The molecule has 0 radical (unpaired) electrons. The van der Waals surface area contributed by atoms with Gasteiger partial charge in [0.2, 0.25) is 5.91 Å². The van der Waals surface area contributed by atoms with Crippen LogP contribution in [0.25, 0.3) is 0 Å². The molecule has 3 nitrogen and oxygen atoms in total. The van der Waals surface area contributed by atoms with Gasteiger partial charge in [-0.15, -0.1) is 0 Å². The SMILES string of the molecule is O=C(NC1(c2ccc(Cl)cc2)CCC1)[C@@H]1CCOC1. The second-order valence-corrected chi connectivity index (χ2v) is 5.93. The maximum atomic E-state index is 12.3. The van der Waals surface area contributed by atoms with E-state index in [9.17, 15) is 4.79 Å². The summed E-state index contributed by atoms with van der Waals surface area (Å²) in [6.45, 7) is 1.26. The Morgan fingerprint density at radius 2 is 2.05 bits per heavy atom. The normalized spacial score (nSPS) is 24.8. The lowest BCUT2D eigenvalue weighted by atomic mass is 9.71. The maximum absolute atomic E-state index is 12.3. The molecule has 1 aliphatic carbocycles. The van der Waals surface area contributed by atoms with Gasteiger partial charge in [0.25, 0.3) is 0 Å². The van der Waals surface area contributed by atoms with E-state index in [2.05, 4.69) is 5.32 Å². The van der Waals surface area contributed by atoms with Crippen molar-refractivity contribution in [1.29, 1.82) is 0 Å². The van der Waals surface area contributed by atoms with Gasteiger partial charge in [-0.25, -0.2) is 0 Å². The van der Waals surface area contributed by atoms with E-state index in [0.717, 1.165) is 36.3 Å². The van der Waals surface area contributed by atoms with E-state index in [0.29, 0.717) is 13.2 Å². The highest BCUT2D eigenvalue weighted by Gasteiger charge is 2.41. The third-order valence-electron chi connectivity index (χ3n) is 4.27. The van der Waals surface area contributed by atoms with Crippen molar-refractivity contribution in [3.05, 3.63) is 34.9 Å². The average molecular weight is 280 g/mol. The minimum absolute atomic E-state index is 0.0183. The maximum Gasteiger partial charge on any atom is 0.226 e. The number of rotatable bonds is 3. The third kappa shape index (κ3) is 2.49. The summed E-state index contributed by atoms with van der Waals surface area (Å²) >= 11 is 5.93. The quantitative estimate of drug-likeness (QED) is 0.924. The highest BCUT2D eigenvalue weighted by Crippen LogP contribution is 2.41. The number of hydrogen-bond acceptors (Lipinski definition) is 2. The first-order chi connectivity index (χ1) is 9.20. The van der Waals surface area contributed by atoms with Gasteiger partial charge >= 0.3 is 0 Å². The van der Waals surface area contributed by atoms with Crippen LogP contribution in [0.15, 0.2) is 24.3 Å². The van der Waals surface area contributed by atoms with Crippen LogP contribution in [0, 0.1) is 5.92 Å². The summed E-state index contributed by atoms with van der Waals surface area (Å²) in [4.78, 5) is 12.3. The molecule has 19 heavy (non-hydrogen) atoms. The molecule has 3 rings (SSSR count). The average Bonchev–Trinajstić information content (AvgIpc) is 2.89. The standard InChI is InChI=1S/C15H18ClNO2/c16-13-4-2-12(3-5-13)15(7-1-8-15)17-14(18)11-6-9-19-10-11/h2-5,11H,1,6-10H2,(H,17,18)/t11-/m1/s1. The fourth-order valence-corrected chi connectivity index (χ4v) is 2.99. The van der Waals surface area contributed by atoms with Gasteiger partial charge in [0.05, 0.1) is 18.1 Å². The van der Waals surface area contributed by atoms with Crippen LogP contribution in [-0.2, 0) is 15.1 Å². The lowest BCUT2D eigenvalue weighted by Gasteiger charge is -2.43. The number of ether oxygens (including phenoxy) is 1. The van der Waals surface area contributed by atoms with E-state index in [1.807, 2.05) is 24.3 Å². The van der Waals surface area contributed by atoms with Crippen molar-refractivity contribution in [2.24, 2.45) is 5.92 Å². The molecule has 1 aliphatic heterocycles. The third-order valence-corrected chi connectivity index (χ3v) is 4.52. The topological polar surface area (TPSA) is 38.3 Å². The molecule has 2 aliphatic rings. The van der Waals surface area contributed by atoms with E-state index >= 15 is 0 Å². The molecule has 1 heterocycles. The van der Waals surface area contributed by atoms with Crippen molar-refractivity contribution in [3.63, 3.8) is 0 Å². The van der Waals surface area contributed by atoms with Crippen LogP contribution in [0.4, 0.5) is 0 Å². The van der Waals surface area contributed by atoms with E-state index in [4.69, 9.17) is 16.3 Å². The second-order valence-electron chi connectivity index (χ2n) is 5.49. The van der Waals surface area contributed by atoms with Crippen molar-refractivity contribution in [2.45, 2.75) is 31.2 Å². The Bertz CT molecular complexity index is 462. The Labute approximate surface area is 118 Å². The molecule has 0 bridgehead atoms. The number of halogens is 1. The number of nitrogens with one attached hydrogen (secondary N) is 1. The molecule has 0 unspecified atom stereocenters. The molecule has 1 atom stereocenters. The molecule has 0 aromatic heterocycles. The Morgan fingerprint density at radius 3 is 2.58 bits per heavy atom. The number of amides is 1. The van der Waals surface area contributed by atoms with Crippen molar-refractivity contribution in [1.82, 2.24) is 5.32 Å². The molecule has 4 heteroatoms. The molecule has 1 N–H and O–H groups in total. The molecule has 0 spiro atoms. The summed E-state index contributed by atoms with van der Waals surface area (Å²) < 4.78 is 5.29. The highest BCUT2D eigenvalue weighted by atomic mass is 35.5. The number of hydrogen-bond donors (Lipinski definition) is 1. The fourth-order valence-electron chi connectivity index (χ4n) is 2.86. The number of carbonyl (C=O) groups is 1. The Morgan fingerprint density at radius 1 is 1.32 bits per heavy atom. The molecular formula is C15H18ClNO2.